The van der Waals surface area contributed by atoms with Gasteiger partial charge >= 0.3 is 6.18 Å². The fourth-order valence-electron chi connectivity index (χ4n) is 3.91. The molecule has 0 atom stereocenters. The van der Waals surface area contributed by atoms with Gasteiger partial charge in [0.05, 0.1) is 11.8 Å². The van der Waals surface area contributed by atoms with Gasteiger partial charge in [0.25, 0.3) is 17.0 Å². The molecule has 2 amide bonds. The second kappa shape index (κ2) is 12.9. The number of unbranched alkanes of at least 4 members (excludes halogenated alkanes) is 1. The lowest BCUT2D eigenvalue weighted by Gasteiger charge is -2.09. The number of alkyl halides is 3. The molecule has 0 saturated heterocycles. The number of rotatable bonds is 11. The molecule has 1 aromatic carbocycles. The maximum absolute atomic E-state index is 12.9. The van der Waals surface area contributed by atoms with Crippen LogP contribution in [-0.2, 0) is 37.1 Å². The van der Waals surface area contributed by atoms with Crippen LogP contribution in [0.25, 0.3) is 0 Å². The number of nitrogens with zero attached hydrogens (tertiary/aromatic N) is 5. The summed E-state index contributed by atoms with van der Waals surface area (Å²) in [7, 11) is 0. The van der Waals surface area contributed by atoms with Crippen LogP contribution in [-0.4, -0.2) is 35.9 Å². The van der Waals surface area contributed by atoms with Gasteiger partial charge < -0.3 is 19.8 Å². The zero-order valence-corrected chi connectivity index (χ0v) is 21.7. The molecule has 11 nitrogen and oxygen atoms in total. The molecule has 3 heterocycles. The van der Waals surface area contributed by atoms with Gasteiger partial charge in [-0.25, -0.2) is 0 Å². The Kier molecular flexibility index (Phi) is 9.12. The van der Waals surface area contributed by atoms with Crippen molar-refractivity contribution in [3.8, 4) is 0 Å². The van der Waals surface area contributed by atoms with E-state index in [-0.39, 0.29) is 29.9 Å². The van der Waals surface area contributed by atoms with Crippen LogP contribution in [0, 0.1) is 0 Å². The molecule has 0 saturated carbocycles. The second-order valence-electron chi connectivity index (χ2n) is 9.12. The monoisotopic (exact) mass is 569 g/mol. The number of hydrogen-bond acceptors (Lipinski definition) is 6. The van der Waals surface area contributed by atoms with Crippen molar-refractivity contribution >= 4 is 17.5 Å². The Hall–Kier alpha value is -5.01. The highest BCUT2D eigenvalue weighted by Crippen LogP contribution is 2.29. The van der Waals surface area contributed by atoms with Crippen molar-refractivity contribution in [3.05, 3.63) is 111 Å². The molecule has 4 aromatic rings. The molecule has 4 rings (SSSR count). The molecule has 0 unspecified atom stereocenters. The van der Waals surface area contributed by atoms with Gasteiger partial charge in [-0.1, -0.05) is 23.4 Å². The second-order valence-corrected chi connectivity index (χ2v) is 9.12. The van der Waals surface area contributed by atoms with Gasteiger partial charge in [0, 0.05) is 49.8 Å². The van der Waals surface area contributed by atoms with E-state index < -0.39 is 23.6 Å². The number of halogens is 3. The summed E-state index contributed by atoms with van der Waals surface area (Å²) in [4.78, 5) is 48.7. The molecule has 0 aliphatic carbocycles. The fraction of sp³-hybridized carbons (Fsp3) is 0.259. The molecule has 0 spiro atoms. The van der Waals surface area contributed by atoms with Gasteiger partial charge in [-0.2, -0.15) is 13.2 Å². The average molecular weight is 570 g/mol. The first-order valence-corrected chi connectivity index (χ1v) is 12.6. The first-order chi connectivity index (χ1) is 19.6. The molecule has 0 aliphatic rings. The molecule has 3 aromatic heterocycles. The van der Waals surface area contributed by atoms with Crippen LogP contribution in [0.15, 0.2) is 82.8 Å². The molecule has 2 N–H and O–H groups in total. The zero-order valence-electron chi connectivity index (χ0n) is 21.7. The average Bonchev–Trinajstić information content (AvgIpc) is 3.41. The number of benzene rings is 1. The van der Waals surface area contributed by atoms with Crippen LogP contribution < -0.4 is 21.8 Å². The van der Waals surface area contributed by atoms with Crippen molar-refractivity contribution < 1.29 is 22.8 Å². The van der Waals surface area contributed by atoms with Crippen molar-refractivity contribution in [2.45, 2.75) is 45.2 Å². The number of anilines is 1. The summed E-state index contributed by atoms with van der Waals surface area (Å²) < 4.78 is 42.8. The van der Waals surface area contributed by atoms with Crippen LogP contribution in [0.1, 0.15) is 34.5 Å². The van der Waals surface area contributed by atoms with Crippen LogP contribution in [0.2, 0.25) is 0 Å². The molecule has 0 radical (unpaired) electrons. The van der Waals surface area contributed by atoms with E-state index in [1.807, 2.05) is 0 Å². The summed E-state index contributed by atoms with van der Waals surface area (Å²) in [6.07, 6.45) is 1.26. The Morgan fingerprint density at radius 1 is 0.878 bits per heavy atom. The fourth-order valence-corrected chi connectivity index (χ4v) is 3.91. The minimum atomic E-state index is -4.47. The highest BCUT2D eigenvalue weighted by atomic mass is 19.4. The Labute approximate surface area is 231 Å². The van der Waals surface area contributed by atoms with Gasteiger partial charge in [-0.05, 0) is 42.7 Å². The number of aromatic nitrogens is 5. The minimum absolute atomic E-state index is 0.0305. The standard InChI is InChI=1S/C27H26F3N7O4/c28-27(29,30)20-7-5-6-19(14-20)16-31-26(41)22-17-37(34-33-22)12-4-3-10-35-13-9-21(15-25(35)40)32-23(38)18-36-11-2-1-8-24(36)39/h1-2,5-9,11,13-15,17H,3-4,10,12,16,18H2,(H,31,41)(H,32,38). The van der Waals surface area contributed by atoms with Crippen molar-refractivity contribution in [2.24, 2.45) is 0 Å². The van der Waals surface area contributed by atoms with E-state index in [2.05, 4.69) is 20.9 Å². The predicted octanol–water partition coefficient (Wildman–Crippen LogP) is 2.67. The van der Waals surface area contributed by atoms with E-state index in [0.717, 1.165) is 12.1 Å². The van der Waals surface area contributed by atoms with E-state index in [9.17, 15) is 32.3 Å². The highest BCUT2D eigenvalue weighted by molar-refractivity contribution is 5.91. The zero-order chi connectivity index (χ0) is 29.4. The normalized spacial score (nSPS) is 11.3. The molecule has 0 fully saturated rings. The maximum Gasteiger partial charge on any atom is 0.416 e. The number of carbonyl (C=O) groups excluding carboxylic acids is 2. The minimum Gasteiger partial charge on any atom is -0.347 e. The lowest BCUT2D eigenvalue weighted by Crippen LogP contribution is -2.27. The van der Waals surface area contributed by atoms with Gasteiger partial charge in [0.1, 0.15) is 6.54 Å². The maximum atomic E-state index is 12.9. The first kappa shape index (κ1) is 29.0. The lowest BCUT2D eigenvalue weighted by molar-refractivity contribution is -0.137. The highest BCUT2D eigenvalue weighted by Gasteiger charge is 2.30. The Morgan fingerprint density at radius 2 is 1.68 bits per heavy atom. The number of hydrogen-bond donors (Lipinski definition) is 2. The Balaban J connectivity index is 1.20. The first-order valence-electron chi connectivity index (χ1n) is 12.6. The number of pyridine rings is 2. The van der Waals surface area contributed by atoms with Crippen molar-refractivity contribution in [2.75, 3.05) is 5.32 Å². The summed E-state index contributed by atoms with van der Waals surface area (Å²) in [5, 5.41) is 12.9. The number of nitrogens with one attached hydrogen (secondary N) is 2. The Bertz CT molecular complexity index is 1640. The largest absolute Gasteiger partial charge is 0.416 e. The number of carbonyl (C=O) groups is 2. The van der Waals surface area contributed by atoms with Crippen molar-refractivity contribution in [3.63, 3.8) is 0 Å². The molecule has 14 heteroatoms. The third kappa shape index (κ3) is 8.24. The van der Waals surface area contributed by atoms with E-state index in [0.29, 0.717) is 37.2 Å². The summed E-state index contributed by atoms with van der Waals surface area (Å²) >= 11 is 0. The van der Waals surface area contributed by atoms with E-state index in [1.54, 1.807) is 24.4 Å². The molecule has 41 heavy (non-hydrogen) atoms. The molecular formula is C27H26F3N7O4. The summed E-state index contributed by atoms with van der Waals surface area (Å²) in [5.41, 5.74) is -0.754. The smallest absolute Gasteiger partial charge is 0.347 e. The summed E-state index contributed by atoms with van der Waals surface area (Å²) in [6, 6.07) is 12.2. The van der Waals surface area contributed by atoms with Gasteiger partial charge in [0.2, 0.25) is 5.91 Å². The third-order valence-corrected chi connectivity index (χ3v) is 6.01. The van der Waals surface area contributed by atoms with Gasteiger partial charge in [-0.3, -0.25) is 23.9 Å². The van der Waals surface area contributed by atoms with Crippen LogP contribution in [0.3, 0.4) is 0 Å². The van der Waals surface area contributed by atoms with Crippen LogP contribution in [0.5, 0.6) is 0 Å². The third-order valence-electron chi connectivity index (χ3n) is 6.01. The van der Waals surface area contributed by atoms with Gasteiger partial charge in [-0.15, -0.1) is 5.10 Å². The van der Waals surface area contributed by atoms with Gasteiger partial charge in [0.15, 0.2) is 5.69 Å². The van der Waals surface area contributed by atoms with E-state index in [1.165, 1.54) is 50.5 Å². The summed E-state index contributed by atoms with van der Waals surface area (Å²) in [5.74, 6) is -1.00. The topological polar surface area (TPSA) is 133 Å². The Morgan fingerprint density at radius 3 is 2.44 bits per heavy atom. The molecule has 0 bridgehead atoms. The number of aryl methyl sites for hydroxylation is 2. The lowest BCUT2D eigenvalue weighted by atomic mass is 10.1. The summed E-state index contributed by atoms with van der Waals surface area (Å²) in [6.45, 7) is 0.561. The predicted molar refractivity (Wildman–Crippen MR) is 142 cm³/mol. The molecular weight excluding hydrogens is 543 g/mol. The quantitative estimate of drug-likeness (QED) is 0.267. The molecule has 214 valence electrons. The van der Waals surface area contributed by atoms with Crippen LogP contribution in [0.4, 0.5) is 18.9 Å². The SMILES string of the molecule is O=C(Cn1ccccc1=O)Nc1ccn(CCCCn2cc(C(=O)NCc3cccc(C(F)(F)F)c3)nn2)c(=O)c1. The number of amides is 2. The molecule has 0 aliphatic heterocycles. The van der Waals surface area contributed by atoms with Crippen molar-refractivity contribution in [1.82, 2.24) is 29.4 Å². The van der Waals surface area contributed by atoms with Crippen LogP contribution >= 0.6 is 0 Å². The van der Waals surface area contributed by atoms with Crippen molar-refractivity contribution in [1.29, 1.82) is 0 Å². The van der Waals surface area contributed by atoms with E-state index in [4.69, 9.17) is 0 Å². The van der Waals surface area contributed by atoms with E-state index >= 15 is 0 Å².